The van der Waals surface area contributed by atoms with Gasteiger partial charge >= 0.3 is 0 Å². The molecule has 0 bridgehead atoms. The summed E-state index contributed by atoms with van der Waals surface area (Å²) in [6.07, 6.45) is 4.50. The van der Waals surface area contributed by atoms with Crippen LogP contribution in [0.3, 0.4) is 0 Å². The zero-order valence-corrected chi connectivity index (χ0v) is 8.43. The van der Waals surface area contributed by atoms with Crippen molar-refractivity contribution in [3.63, 3.8) is 0 Å². The summed E-state index contributed by atoms with van der Waals surface area (Å²) in [5, 5.41) is 0. The van der Waals surface area contributed by atoms with Gasteiger partial charge in [0.05, 0.1) is 6.26 Å². The van der Waals surface area contributed by atoms with Crippen molar-refractivity contribution < 1.29 is 8.42 Å². The van der Waals surface area contributed by atoms with E-state index in [1.54, 1.807) is 18.5 Å². The normalized spacial score (nSPS) is 11.5. The Kier molecular flexibility index (Phi) is 3.00. The summed E-state index contributed by atoms with van der Waals surface area (Å²) < 4.78 is 24.0. The van der Waals surface area contributed by atoms with E-state index in [1.807, 2.05) is 6.92 Å². The fraction of sp³-hybridized carbons (Fsp3) is 0.375. The largest absolute Gasteiger partial charge is 0.264 e. The first-order valence-electron chi connectivity index (χ1n) is 3.83. The number of hydrogen-bond donors (Lipinski definition) is 1. The third-order valence-electron chi connectivity index (χ3n) is 1.66. The molecular weight excluding hydrogens is 188 g/mol. The lowest BCUT2D eigenvalue weighted by Crippen LogP contribution is -2.21. The monoisotopic (exact) mass is 200 g/mol. The molecule has 0 spiro atoms. The van der Waals surface area contributed by atoms with Gasteiger partial charge in [-0.05, 0) is 24.1 Å². The van der Waals surface area contributed by atoms with Crippen molar-refractivity contribution in [3.8, 4) is 0 Å². The van der Waals surface area contributed by atoms with Crippen LogP contribution in [0.15, 0.2) is 18.5 Å². The van der Waals surface area contributed by atoms with Gasteiger partial charge in [-0.2, -0.15) is 0 Å². The molecule has 4 nitrogen and oxygen atoms in total. The predicted octanol–water partition coefficient (Wildman–Crippen LogP) is 0.439. The van der Waals surface area contributed by atoms with Gasteiger partial charge in [-0.1, -0.05) is 0 Å². The van der Waals surface area contributed by atoms with Crippen LogP contribution in [0, 0.1) is 6.92 Å². The highest BCUT2D eigenvalue weighted by atomic mass is 32.2. The van der Waals surface area contributed by atoms with Crippen molar-refractivity contribution in [1.82, 2.24) is 9.71 Å². The highest BCUT2D eigenvalue weighted by Crippen LogP contribution is 2.04. The number of nitrogens with zero attached hydrogens (tertiary/aromatic N) is 1. The highest BCUT2D eigenvalue weighted by molar-refractivity contribution is 7.88. The molecule has 0 aliphatic carbocycles. The molecule has 0 saturated carbocycles. The quantitative estimate of drug-likeness (QED) is 0.770. The van der Waals surface area contributed by atoms with Gasteiger partial charge in [0.1, 0.15) is 0 Å². The molecule has 0 fully saturated rings. The number of rotatable bonds is 3. The second-order valence-electron chi connectivity index (χ2n) is 2.90. The minimum atomic E-state index is -3.11. The summed E-state index contributed by atoms with van der Waals surface area (Å²) >= 11 is 0. The number of aryl methyl sites for hydroxylation is 1. The van der Waals surface area contributed by atoms with Gasteiger partial charge in [-0.15, -0.1) is 0 Å². The summed E-state index contributed by atoms with van der Waals surface area (Å²) in [6, 6.07) is 1.80. The first-order chi connectivity index (χ1) is 5.99. The lowest BCUT2D eigenvalue weighted by atomic mass is 10.2. The van der Waals surface area contributed by atoms with Crippen molar-refractivity contribution in [3.05, 3.63) is 29.6 Å². The molecule has 1 N–H and O–H groups in total. The zero-order valence-electron chi connectivity index (χ0n) is 7.61. The summed E-state index contributed by atoms with van der Waals surface area (Å²) in [4.78, 5) is 3.91. The van der Waals surface area contributed by atoms with Crippen LogP contribution in [0.4, 0.5) is 0 Å². The Morgan fingerprint density at radius 3 is 2.77 bits per heavy atom. The van der Waals surface area contributed by atoms with Gasteiger partial charge in [0.25, 0.3) is 0 Å². The number of nitrogens with one attached hydrogen (secondary N) is 1. The molecule has 0 amide bonds. The zero-order chi connectivity index (χ0) is 9.90. The van der Waals surface area contributed by atoms with Gasteiger partial charge in [0.2, 0.25) is 10.0 Å². The Hall–Kier alpha value is -0.940. The van der Waals surface area contributed by atoms with Crippen LogP contribution in [-0.4, -0.2) is 19.7 Å². The second kappa shape index (κ2) is 3.85. The average Bonchev–Trinajstić information content (AvgIpc) is 2.01. The van der Waals surface area contributed by atoms with E-state index in [2.05, 4.69) is 9.71 Å². The molecule has 13 heavy (non-hydrogen) atoms. The molecular formula is C8H12N2O2S. The second-order valence-corrected chi connectivity index (χ2v) is 4.73. The molecule has 0 aliphatic rings. The topological polar surface area (TPSA) is 59.1 Å². The Balaban J connectivity index is 2.71. The van der Waals surface area contributed by atoms with E-state index in [1.165, 1.54) is 0 Å². The Morgan fingerprint density at radius 1 is 1.54 bits per heavy atom. The van der Waals surface area contributed by atoms with E-state index in [-0.39, 0.29) is 0 Å². The Bertz CT molecular complexity index is 387. The number of sulfonamides is 1. The lowest BCUT2D eigenvalue weighted by Gasteiger charge is -2.04. The number of hydrogen-bond acceptors (Lipinski definition) is 3. The van der Waals surface area contributed by atoms with Crippen LogP contribution in [0.5, 0.6) is 0 Å². The van der Waals surface area contributed by atoms with Crippen molar-refractivity contribution in [2.75, 3.05) is 6.26 Å². The van der Waals surface area contributed by atoms with Gasteiger partial charge in [-0.3, -0.25) is 4.98 Å². The maximum absolute atomic E-state index is 10.8. The first-order valence-corrected chi connectivity index (χ1v) is 5.72. The molecule has 0 atom stereocenters. The highest BCUT2D eigenvalue weighted by Gasteiger charge is 2.02. The molecule has 0 aliphatic heterocycles. The van der Waals surface area contributed by atoms with Gasteiger partial charge in [-0.25, -0.2) is 13.1 Å². The maximum Gasteiger partial charge on any atom is 0.209 e. The third-order valence-corrected chi connectivity index (χ3v) is 2.33. The van der Waals surface area contributed by atoms with E-state index in [9.17, 15) is 8.42 Å². The molecule has 0 radical (unpaired) electrons. The van der Waals surface area contributed by atoms with Crippen LogP contribution < -0.4 is 4.72 Å². The molecule has 1 aromatic rings. The van der Waals surface area contributed by atoms with E-state index in [0.29, 0.717) is 6.54 Å². The van der Waals surface area contributed by atoms with Gasteiger partial charge in [0.15, 0.2) is 0 Å². The fourth-order valence-corrected chi connectivity index (χ4v) is 1.33. The molecule has 0 aromatic carbocycles. The van der Waals surface area contributed by atoms with E-state index in [4.69, 9.17) is 0 Å². The predicted molar refractivity (Wildman–Crippen MR) is 50.7 cm³/mol. The standard InChI is InChI=1S/C8H12N2O2S/c1-7-5-9-4-3-8(7)6-10-13(2,11)12/h3-5,10H,6H2,1-2H3. The van der Waals surface area contributed by atoms with Crippen LogP contribution in [0.1, 0.15) is 11.1 Å². The number of pyridine rings is 1. The molecule has 0 saturated heterocycles. The maximum atomic E-state index is 10.8. The SMILES string of the molecule is Cc1cnccc1CNS(C)(=O)=O. The van der Waals surface area contributed by atoms with E-state index < -0.39 is 10.0 Å². The first kappa shape index (κ1) is 10.1. The minimum Gasteiger partial charge on any atom is -0.264 e. The summed E-state index contributed by atoms with van der Waals surface area (Å²) in [5.41, 5.74) is 1.93. The van der Waals surface area contributed by atoms with Crippen molar-refractivity contribution in [1.29, 1.82) is 0 Å². The van der Waals surface area contributed by atoms with Crippen LogP contribution in [0.2, 0.25) is 0 Å². The molecule has 0 unspecified atom stereocenters. The third kappa shape index (κ3) is 3.52. The summed E-state index contributed by atoms with van der Waals surface area (Å²) in [5.74, 6) is 0. The van der Waals surface area contributed by atoms with Crippen LogP contribution in [0.25, 0.3) is 0 Å². The van der Waals surface area contributed by atoms with Crippen molar-refractivity contribution in [2.45, 2.75) is 13.5 Å². The van der Waals surface area contributed by atoms with Crippen molar-refractivity contribution in [2.24, 2.45) is 0 Å². The lowest BCUT2D eigenvalue weighted by molar-refractivity contribution is 0.587. The fourth-order valence-electron chi connectivity index (χ4n) is 0.909. The Labute approximate surface area is 78.1 Å². The van der Waals surface area contributed by atoms with Gasteiger partial charge in [0, 0.05) is 18.9 Å². The molecule has 1 rings (SSSR count). The van der Waals surface area contributed by atoms with Crippen LogP contribution in [-0.2, 0) is 16.6 Å². The average molecular weight is 200 g/mol. The summed E-state index contributed by atoms with van der Waals surface area (Å²) in [7, 11) is -3.11. The molecule has 1 aromatic heterocycles. The summed E-state index contributed by atoms with van der Waals surface area (Å²) in [6.45, 7) is 2.22. The molecule has 72 valence electrons. The van der Waals surface area contributed by atoms with Gasteiger partial charge < -0.3 is 0 Å². The smallest absolute Gasteiger partial charge is 0.209 e. The minimum absolute atomic E-state index is 0.327. The number of aromatic nitrogens is 1. The van der Waals surface area contributed by atoms with E-state index in [0.717, 1.165) is 17.4 Å². The Morgan fingerprint density at radius 2 is 2.23 bits per heavy atom. The van der Waals surface area contributed by atoms with E-state index >= 15 is 0 Å². The van der Waals surface area contributed by atoms with Crippen molar-refractivity contribution >= 4 is 10.0 Å². The molecule has 1 heterocycles. The molecule has 5 heteroatoms. The van der Waals surface area contributed by atoms with Crippen LogP contribution >= 0.6 is 0 Å².